The molecule has 4 nitrogen and oxygen atoms in total. The lowest BCUT2D eigenvalue weighted by molar-refractivity contribution is 0.658. The maximum absolute atomic E-state index is 5.29. The largest absolute Gasteiger partial charge is 0.355 e. The summed E-state index contributed by atoms with van der Waals surface area (Å²) < 4.78 is 0. The molecule has 78 valence electrons. The molecule has 0 unspecified atom stereocenters. The second-order valence-corrected chi connectivity index (χ2v) is 4.13. The fourth-order valence-electron chi connectivity index (χ4n) is 0.698. The van der Waals surface area contributed by atoms with Crippen molar-refractivity contribution in [2.75, 3.05) is 25.1 Å². The van der Waals surface area contributed by atoms with Gasteiger partial charge in [0.15, 0.2) is 0 Å². The fraction of sp³-hybridized carbons (Fsp3) is 0.875. The third-order valence-corrected chi connectivity index (χ3v) is 1.96. The minimum absolute atomic E-state index is 0.561. The fourth-order valence-corrected chi connectivity index (χ4v) is 1.00. The number of nitrogens with one attached hydrogen (secondary N) is 2. The van der Waals surface area contributed by atoms with E-state index < -0.39 is 0 Å². The summed E-state index contributed by atoms with van der Waals surface area (Å²) in [6.45, 7) is 5.94. The summed E-state index contributed by atoms with van der Waals surface area (Å²) in [5, 5.41) is 3.12. The van der Waals surface area contributed by atoms with E-state index in [-0.39, 0.29) is 0 Å². The van der Waals surface area contributed by atoms with Crippen molar-refractivity contribution >= 4 is 17.7 Å². The van der Waals surface area contributed by atoms with Gasteiger partial charge in [0, 0.05) is 18.8 Å². The van der Waals surface area contributed by atoms with Crippen LogP contribution in [0.1, 0.15) is 13.8 Å². The lowest BCUT2D eigenvalue weighted by Crippen LogP contribution is -2.42. The molecule has 0 saturated carbocycles. The highest BCUT2D eigenvalue weighted by Gasteiger charge is 1.95. The van der Waals surface area contributed by atoms with Crippen molar-refractivity contribution in [2.45, 2.75) is 13.8 Å². The molecule has 0 saturated heterocycles. The van der Waals surface area contributed by atoms with Crippen molar-refractivity contribution in [3.05, 3.63) is 0 Å². The Morgan fingerprint density at radius 1 is 1.54 bits per heavy atom. The molecule has 4 N–H and O–H groups in total. The van der Waals surface area contributed by atoms with E-state index in [0.717, 1.165) is 18.8 Å². The Balaban J connectivity index is 3.67. The predicted octanol–water partition coefficient (Wildman–Crippen LogP) is 0.414. The zero-order valence-corrected chi connectivity index (χ0v) is 9.45. The molecule has 5 heteroatoms. The molecule has 0 heterocycles. The van der Waals surface area contributed by atoms with Crippen LogP contribution in [0.25, 0.3) is 0 Å². The molecule has 0 aliphatic carbocycles. The van der Waals surface area contributed by atoms with Gasteiger partial charge >= 0.3 is 0 Å². The summed E-state index contributed by atoms with van der Waals surface area (Å²) in [6, 6.07) is 0. The number of nitrogens with two attached hydrogens (primary N) is 1. The first kappa shape index (κ1) is 12.6. The first-order valence-electron chi connectivity index (χ1n) is 4.44. The van der Waals surface area contributed by atoms with Crippen LogP contribution in [0.4, 0.5) is 0 Å². The summed E-state index contributed by atoms with van der Waals surface area (Å²) >= 11 is 1.79. The van der Waals surface area contributed by atoms with Gasteiger partial charge in [-0.2, -0.15) is 11.8 Å². The molecule has 0 amide bonds. The monoisotopic (exact) mass is 204 g/mol. The second-order valence-electron chi connectivity index (χ2n) is 3.15. The van der Waals surface area contributed by atoms with E-state index in [1.807, 2.05) is 0 Å². The van der Waals surface area contributed by atoms with E-state index in [1.165, 1.54) is 0 Å². The lowest BCUT2D eigenvalue weighted by atomic mass is 10.2. The summed E-state index contributed by atoms with van der Waals surface area (Å²) in [7, 11) is 0. The molecular formula is C8H20N4S. The van der Waals surface area contributed by atoms with E-state index >= 15 is 0 Å². The molecule has 0 spiro atoms. The Morgan fingerprint density at radius 2 is 2.23 bits per heavy atom. The van der Waals surface area contributed by atoms with Crippen LogP contribution in [0.2, 0.25) is 0 Å². The molecule has 0 aromatic carbocycles. The minimum Gasteiger partial charge on any atom is -0.355 e. The average Bonchev–Trinajstić information content (AvgIpc) is 2.10. The van der Waals surface area contributed by atoms with Gasteiger partial charge in [0.05, 0.1) is 0 Å². The van der Waals surface area contributed by atoms with Gasteiger partial charge in [0.2, 0.25) is 5.96 Å². The van der Waals surface area contributed by atoms with Crippen LogP contribution < -0.4 is 16.6 Å². The minimum atomic E-state index is 0.561. The topological polar surface area (TPSA) is 62.4 Å². The molecule has 0 aromatic heterocycles. The van der Waals surface area contributed by atoms with Crippen molar-refractivity contribution in [2.24, 2.45) is 16.8 Å². The zero-order valence-electron chi connectivity index (χ0n) is 8.63. The molecule has 0 aliphatic rings. The molecule has 0 fully saturated rings. The quantitative estimate of drug-likeness (QED) is 0.200. The van der Waals surface area contributed by atoms with Crippen molar-refractivity contribution < 1.29 is 0 Å². The van der Waals surface area contributed by atoms with Gasteiger partial charge in [-0.1, -0.05) is 13.8 Å². The normalized spacial score (nSPS) is 11.9. The molecule has 0 aromatic rings. The smallest absolute Gasteiger partial charge is 0.205 e. The molecule has 0 atom stereocenters. The third-order valence-electron chi connectivity index (χ3n) is 1.35. The number of nitrogens with zero attached hydrogens (tertiary/aromatic N) is 1. The number of guanidine groups is 1. The van der Waals surface area contributed by atoms with Crippen LogP contribution >= 0.6 is 11.8 Å². The van der Waals surface area contributed by atoms with Crippen molar-refractivity contribution in [1.29, 1.82) is 0 Å². The predicted molar refractivity (Wildman–Crippen MR) is 60.8 cm³/mol. The number of rotatable bonds is 5. The van der Waals surface area contributed by atoms with Gasteiger partial charge in [-0.15, -0.1) is 0 Å². The van der Waals surface area contributed by atoms with Gasteiger partial charge in [0.25, 0.3) is 0 Å². The molecule has 0 rings (SSSR count). The maximum atomic E-state index is 5.29. The highest BCUT2D eigenvalue weighted by molar-refractivity contribution is 7.98. The van der Waals surface area contributed by atoms with Gasteiger partial charge in [-0.05, 0) is 12.2 Å². The number of hydrazine groups is 1. The van der Waals surface area contributed by atoms with Crippen LogP contribution in [0.15, 0.2) is 4.99 Å². The van der Waals surface area contributed by atoms with Crippen molar-refractivity contribution in [3.8, 4) is 0 Å². The highest BCUT2D eigenvalue weighted by Crippen LogP contribution is 1.91. The molecule has 0 bridgehead atoms. The number of hydrogen-bond acceptors (Lipinski definition) is 3. The Labute approximate surface area is 84.7 Å². The SMILES string of the molecule is CSCCNC(=NCC(C)C)NN. The van der Waals surface area contributed by atoms with E-state index in [1.54, 1.807) is 11.8 Å². The first-order valence-corrected chi connectivity index (χ1v) is 5.84. The van der Waals surface area contributed by atoms with Gasteiger partial charge in [-0.25, -0.2) is 5.84 Å². The van der Waals surface area contributed by atoms with Crippen LogP contribution in [0.5, 0.6) is 0 Å². The van der Waals surface area contributed by atoms with E-state index in [2.05, 4.69) is 35.8 Å². The van der Waals surface area contributed by atoms with E-state index in [4.69, 9.17) is 5.84 Å². The Morgan fingerprint density at radius 3 is 2.69 bits per heavy atom. The third kappa shape index (κ3) is 7.93. The van der Waals surface area contributed by atoms with Crippen molar-refractivity contribution in [3.63, 3.8) is 0 Å². The van der Waals surface area contributed by atoms with E-state index in [0.29, 0.717) is 11.9 Å². The van der Waals surface area contributed by atoms with E-state index in [9.17, 15) is 0 Å². The zero-order chi connectivity index (χ0) is 10.1. The Hall–Kier alpha value is -0.420. The molecule has 0 aliphatic heterocycles. The van der Waals surface area contributed by atoms with Crippen LogP contribution in [0, 0.1) is 5.92 Å². The number of thioether (sulfide) groups is 1. The maximum Gasteiger partial charge on any atom is 0.205 e. The van der Waals surface area contributed by atoms with Gasteiger partial charge < -0.3 is 5.32 Å². The molecular weight excluding hydrogens is 184 g/mol. The van der Waals surface area contributed by atoms with Crippen LogP contribution in [-0.2, 0) is 0 Å². The van der Waals surface area contributed by atoms with Gasteiger partial charge in [-0.3, -0.25) is 10.4 Å². The average molecular weight is 204 g/mol. The van der Waals surface area contributed by atoms with Crippen LogP contribution in [-0.4, -0.2) is 31.1 Å². The number of hydrogen-bond donors (Lipinski definition) is 3. The summed E-state index contributed by atoms with van der Waals surface area (Å²) in [5.74, 6) is 7.59. The van der Waals surface area contributed by atoms with Crippen LogP contribution in [0.3, 0.4) is 0 Å². The summed E-state index contributed by atoms with van der Waals surface area (Å²) in [4.78, 5) is 4.27. The van der Waals surface area contributed by atoms with Gasteiger partial charge in [0.1, 0.15) is 0 Å². The Bertz CT molecular complexity index is 147. The molecule has 0 radical (unpaired) electrons. The highest BCUT2D eigenvalue weighted by atomic mass is 32.2. The summed E-state index contributed by atoms with van der Waals surface area (Å²) in [6.07, 6.45) is 2.07. The Kier molecular flexibility index (Phi) is 7.93. The first-order chi connectivity index (χ1) is 6.20. The lowest BCUT2D eigenvalue weighted by Gasteiger charge is -2.08. The standard InChI is InChI=1S/C8H20N4S/c1-7(2)6-11-8(12-9)10-4-5-13-3/h7H,4-6,9H2,1-3H3,(H2,10,11,12). The van der Waals surface area contributed by atoms with Crippen molar-refractivity contribution in [1.82, 2.24) is 10.7 Å². The second kappa shape index (κ2) is 8.19. The number of aliphatic imine (C=N–C) groups is 1. The summed E-state index contributed by atoms with van der Waals surface area (Å²) in [5.41, 5.74) is 2.55. The molecule has 13 heavy (non-hydrogen) atoms.